The summed E-state index contributed by atoms with van der Waals surface area (Å²) in [5.74, 6) is 0.131. The van der Waals surface area contributed by atoms with Gasteiger partial charge in [-0.15, -0.1) is 0 Å². The van der Waals surface area contributed by atoms with Crippen LogP contribution in [0.5, 0.6) is 0 Å². The van der Waals surface area contributed by atoms with Crippen LogP contribution < -0.4 is 10.2 Å². The molecule has 1 N–H and O–H groups in total. The number of nitrogens with one attached hydrogen (secondary N) is 1. The Hall–Kier alpha value is -2.04. The van der Waals surface area contributed by atoms with Gasteiger partial charge in [0.25, 0.3) is 0 Å². The van der Waals surface area contributed by atoms with Crippen LogP contribution in [-0.4, -0.2) is 42.9 Å². The fourth-order valence-corrected chi connectivity index (χ4v) is 3.42. The van der Waals surface area contributed by atoms with Gasteiger partial charge >= 0.3 is 0 Å². The largest absolute Gasteiger partial charge is 0.372 e. The highest BCUT2D eigenvalue weighted by atomic mass is 16.2. The van der Waals surface area contributed by atoms with E-state index in [1.54, 1.807) is 0 Å². The van der Waals surface area contributed by atoms with Gasteiger partial charge in [-0.25, -0.2) is 0 Å². The Morgan fingerprint density at radius 2 is 2.09 bits per heavy atom. The number of hydrogen-bond acceptors (Lipinski definition) is 3. The Balaban J connectivity index is 1.81. The topological polar surface area (TPSA) is 52.7 Å². The van der Waals surface area contributed by atoms with Crippen LogP contribution in [0.15, 0.2) is 24.3 Å². The fraction of sp³-hybridized carbons (Fsp3) is 0.529. The maximum atomic E-state index is 12.9. The third-order valence-electron chi connectivity index (χ3n) is 4.71. The minimum Gasteiger partial charge on any atom is -0.372 e. The summed E-state index contributed by atoms with van der Waals surface area (Å²) in [7, 11) is 2.07. The van der Waals surface area contributed by atoms with Crippen LogP contribution >= 0.6 is 0 Å². The second-order valence-electron chi connectivity index (χ2n) is 6.36. The molecule has 2 atom stereocenters. The zero-order valence-electron chi connectivity index (χ0n) is 13.2. The van der Waals surface area contributed by atoms with Crippen LogP contribution in [0.25, 0.3) is 0 Å². The number of rotatable bonds is 1. The zero-order valence-corrected chi connectivity index (χ0v) is 13.2. The molecule has 3 rings (SSSR count). The molecule has 1 saturated heterocycles. The number of carbonyl (C=O) groups is 2. The predicted octanol–water partition coefficient (Wildman–Crippen LogP) is 1.38. The van der Waals surface area contributed by atoms with Crippen molar-refractivity contribution in [2.24, 2.45) is 5.92 Å². The molecule has 2 aliphatic rings. The van der Waals surface area contributed by atoms with Crippen LogP contribution in [0.3, 0.4) is 0 Å². The van der Waals surface area contributed by atoms with Gasteiger partial charge in [-0.3, -0.25) is 9.59 Å². The second kappa shape index (κ2) is 5.99. The summed E-state index contributed by atoms with van der Waals surface area (Å²) in [5, 5.41) is 2.81. The molecule has 0 radical (unpaired) electrons. The third kappa shape index (κ3) is 2.80. The maximum Gasteiger partial charge on any atom is 0.228 e. The Kier molecular flexibility index (Phi) is 4.05. The maximum absolute atomic E-state index is 12.9. The van der Waals surface area contributed by atoms with E-state index in [1.807, 2.05) is 17.0 Å². The van der Waals surface area contributed by atoms with E-state index in [4.69, 9.17) is 0 Å². The number of anilines is 1. The minimum atomic E-state index is -0.0873. The van der Waals surface area contributed by atoms with E-state index in [9.17, 15) is 9.59 Å². The van der Waals surface area contributed by atoms with E-state index in [-0.39, 0.29) is 23.8 Å². The number of likely N-dealkylation sites (N-methyl/N-ethyl adjacent to an activating group) is 1. The molecule has 22 heavy (non-hydrogen) atoms. The molecule has 2 heterocycles. The Labute approximate surface area is 131 Å². The quantitative estimate of drug-likeness (QED) is 0.852. The summed E-state index contributed by atoms with van der Waals surface area (Å²) in [5.41, 5.74) is 2.38. The number of piperidine rings is 1. The van der Waals surface area contributed by atoms with Crippen molar-refractivity contribution in [1.29, 1.82) is 0 Å². The highest BCUT2D eigenvalue weighted by Crippen LogP contribution is 2.27. The molecule has 5 nitrogen and oxygen atoms in total. The first-order valence-electron chi connectivity index (χ1n) is 7.92. The first-order valence-corrected chi connectivity index (χ1v) is 7.92. The van der Waals surface area contributed by atoms with Crippen LogP contribution in [-0.2, 0) is 16.1 Å². The number of benzene rings is 1. The number of hydrogen-bond donors (Lipinski definition) is 1. The highest BCUT2D eigenvalue weighted by molar-refractivity contribution is 5.84. The first kappa shape index (κ1) is 14.9. The molecule has 0 saturated carbocycles. The molecule has 0 aliphatic carbocycles. The Bertz CT molecular complexity index is 577. The summed E-state index contributed by atoms with van der Waals surface area (Å²) < 4.78 is 0. The molecule has 5 heteroatoms. The molecule has 1 aromatic rings. The van der Waals surface area contributed by atoms with Gasteiger partial charge < -0.3 is 15.1 Å². The standard InChI is InChI=1S/C17H23N3O2/c1-12-10-19(2)15-6-4-3-5-14(15)11-20(12)17(22)13-7-8-16(21)18-9-13/h3-6,12-13H,7-11H2,1-2H3,(H,18,21)/t12-,13+/m0/s1. The lowest BCUT2D eigenvalue weighted by molar-refractivity contribution is -0.139. The average molecular weight is 301 g/mol. The van der Waals surface area contributed by atoms with Crippen LogP contribution in [0.1, 0.15) is 25.3 Å². The summed E-state index contributed by atoms with van der Waals surface area (Å²) in [6, 6.07) is 8.41. The van der Waals surface area contributed by atoms with Crippen molar-refractivity contribution < 1.29 is 9.59 Å². The first-order chi connectivity index (χ1) is 10.6. The summed E-state index contributed by atoms with van der Waals surface area (Å²) >= 11 is 0. The van der Waals surface area contributed by atoms with Crippen LogP contribution in [0, 0.1) is 5.92 Å². The van der Waals surface area contributed by atoms with Gasteiger partial charge in [-0.05, 0) is 25.0 Å². The number of amides is 2. The fourth-order valence-electron chi connectivity index (χ4n) is 3.42. The second-order valence-corrected chi connectivity index (χ2v) is 6.36. The van der Waals surface area contributed by atoms with E-state index in [1.165, 1.54) is 11.3 Å². The molecule has 1 fully saturated rings. The van der Waals surface area contributed by atoms with Gasteiger partial charge in [0.2, 0.25) is 11.8 Å². The van der Waals surface area contributed by atoms with Crippen molar-refractivity contribution in [3.8, 4) is 0 Å². The molecule has 0 aromatic heterocycles. The zero-order chi connectivity index (χ0) is 15.7. The summed E-state index contributed by atoms with van der Waals surface area (Å²) in [4.78, 5) is 28.4. The monoisotopic (exact) mass is 301 g/mol. The van der Waals surface area contributed by atoms with Crippen molar-refractivity contribution in [2.75, 3.05) is 25.0 Å². The lowest BCUT2D eigenvalue weighted by Gasteiger charge is -2.33. The molecule has 1 aromatic carbocycles. The third-order valence-corrected chi connectivity index (χ3v) is 4.71. The molecule has 0 bridgehead atoms. The summed E-state index contributed by atoms with van der Waals surface area (Å²) in [6.45, 7) is 4.03. The van der Waals surface area contributed by atoms with E-state index in [2.05, 4.69) is 36.3 Å². The van der Waals surface area contributed by atoms with Gasteiger partial charge in [0.05, 0.1) is 5.92 Å². The molecule has 2 aliphatic heterocycles. The van der Waals surface area contributed by atoms with Gasteiger partial charge in [0.15, 0.2) is 0 Å². The SMILES string of the molecule is C[C@H]1CN(C)c2ccccc2CN1C(=O)[C@@H]1CCC(=O)NC1. The Morgan fingerprint density at radius 3 is 2.82 bits per heavy atom. The van der Waals surface area contributed by atoms with E-state index in [0.717, 1.165) is 6.54 Å². The number of para-hydroxylation sites is 1. The number of nitrogens with zero attached hydrogens (tertiary/aromatic N) is 2. The van der Waals surface area contributed by atoms with Crippen molar-refractivity contribution >= 4 is 17.5 Å². The predicted molar refractivity (Wildman–Crippen MR) is 85.5 cm³/mol. The number of carbonyl (C=O) groups excluding carboxylic acids is 2. The molecular weight excluding hydrogens is 278 g/mol. The van der Waals surface area contributed by atoms with Gasteiger partial charge in [0.1, 0.15) is 0 Å². The number of fused-ring (bicyclic) bond motifs is 1. The van der Waals surface area contributed by atoms with Crippen molar-refractivity contribution in [3.05, 3.63) is 29.8 Å². The lowest BCUT2D eigenvalue weighted by Crippen LogP contribution is -2.48. The smallest absolute Gasteiger partial charge is 0.228 e. The Morgan fingerprint density at radius 1 is 1.32 bits per heavy atom. The molecule has 0 unspecified atom stereocenters. The van der Waals surface area contributed by atoms with E-state index >= 15 is 0 Å². The highest BCUT2D eigenvalue weighted by Gasteiger charge is 2.33. The van der Waals surface area contributed by atoms with Crippen molar-refractivity contribution in [1.82, 2.24) is 10.2 Å². The molecular formula is C17H23N3O2. The molecule has 2 amide bonds. The minimum absolute atomic E-state index is 0.0537. The van der Waals surface area contributed by atoms with Gasteiger partial charge in [-0.1, -0.05) is 18.2 Å². The summed E-state index contributed by atoms with van der Waals surface area (Å²) in [6.07, 6.45) is 1.11. The molecule has 0 spiro atoms. The lowest BCUT2D eigenvalue weighted by atomic mass is 9.96. The van der Waals surface area contributed by atoms with Gasteiger partial charge in [-0.2, -0.15) is 0 Å². The van der Waals surface area contributed by atoms with Crippen molar-refractivity contribution in [3.63, 3.8) is 0 Å². The van der Waals surface area contributed by atoms with Crippen molar-refractivity contribution in [2.45, 2.75) is 32.4 Å². The van der Waals surface area contributed by atoms with E-state index < -0.39 is 0 Å². The average Bonchev–Trinajstić information content (AvgIpc) is 2.64. The van der Waals surface area contributed by atoms with Crippen LogP contribution in [0.2, 0.25) is 0 Å². The van der Waals surface area contributed by atoms with E-state index in [0.29, 0.717) is 25.9 Å². The van der Waals surface area contributed by atoms with Gasteiger partial charge in [0, 0.05) is 44.8 Å². The molecule has 118 valence electrons. The normalized spacial score (nSPS) is 25.3. The van der Waals surface area contributed by atoms with Crippen LogP contribution in [0.4, 0.5) is 5.69 Å².